The third-order valence-electron chi connectivity index (χ3n) is 6.36. The topological polar surface area (TPSA) is 130 Å². The molecule has 0 aromatic heterocycles. The molecule has 0 aromatic carbocycles. The fourth-order valence-corrected chi connectivity index (χ4v) is 4.49. The molecule has 0 spiro atoms. The zero-order valence-corrected chi connectivity index (χ0v) is 18.4. The van der Waals surface area contributed by atoms with Gasteiger partial charge in [0.25, 0.3) is 0 Å². The summed E-state index contributed by atoms with van der Waals surface area (Å²) in [6, 6.07) is 0. The van der Waals surface area contributed by atoms with Crippen molar-refractivity contribution in [1.29, 1.82) is 5.41 Å². The Morgan fingerprint density at radius 3 is 2.16 bits per heavy atom. The van der Waals surface area contributed by atoms with Crippen LogP contribution in [0.1, 0.15) is 19.3 Å². The predicted octanol–water partition coefficient (Wildman–Crippen LogP) is -0.809. The van der Waals surface area contributed by atoms with Gasteiger partial charge in [-0.05, 0) is 25.9 Å². The molecule has 11 heteroatoms. The molecule has 3 heterocycles. The number of hydrogen-bond donors (Lipinski definition) is 3. The number of carboxylic acid groups (broad SMARTS) is 1. The normalized spacial score (nSPS) is 23.9. The Bertz CT molecular complexity index is 619. The Balaban J connectivity index is 1.27. The van der Waals surface area contributed by atoms with Crippen molar-refractivity contribution in [1.82, 2.24) is 24.5 Å². The lowest BCUT2D eigenvalue weighted by Gasteiger charge is -2.35. The van der Waals surface area contributed by atoms with Crippen molar-refractivity contribution < 1.29 is 19.4 Å². The second-order valence-electron chi connectivity index (χ2n) is 8.66. The third-order valence-corrected chi connectivity index (χ3v) is 6.36. The van der Waals surface area contributed by atoms with Crippen molar-refractivity contribution in [2.75, 3.05) is 85.1 Å². The summed E-state index contributed by atoms with van der Waals surface area (Å²) in [5, 5.41) is 16.2. The molecular formula is C20H37N7O4. The number of carboxylic acids is 1. The van der Waals surface area contributed by atoms with Crippen molar-refractivity contribution in [2.45, 2.75) is 25.4 Å². The molecule has 3 fully saturated rings. The maximum atomic E-state index is 12.2. The van der Waals surface area contributed by atoms with Crippen LogP contribution in [0.3, 0.4) is 0 Å². The second kappa shape index (κ2) is 11.5. The minimum Gasteiger partial charge on any atom is -0.481 e. The highest BCUT2D eigenvalue weighted by molar-refractivity contribution is 5.74. The molecule has 0 radical (unpaired) electrons. The highest BCUT2D eigenvalue weighted by atomic mass is 16.6. The number of piperazine rings is 2. The molecule has 4 N–H and O–H groups in total. The molecule has 3 aliphatic heterocycles. The van der Waals surface area contributed by atoms with Gasteiger partial charge in [-0.15, -0.1) is 0 Å². The summed E-state index contributed by atoms with van der Waals surface area (Å²) in [6.45, 7) is 11.0. The van der Waals surface area contributed by atoms with Crippen molar-refractivity contribution in [3.05, 3.63) is 0 Å². The van der Waals surface area contributed by atoms with E-state index in [4.69, 9.17) is 21.0 Å². The molecule has 31 heavy (non-hydrogen) atoms. The van der Waals surface area contributed by atoms with E-state index in [-0.39, 0.29) is 24.6 Å². The fourth-order valence-electron chi connectivity index (χ4n) is 4.49. The van der Waals surface area contributed by atoms with Gasteiger partial charge >= 0.3 is 12.1 Å². The van der Waals surface area contributed by atoms with Gasteiger partial charge in [0.1, 0.15) is 6.10 Å². The number of nitrogens with zero attached hydrogens (tertiary/aromatic N) is 5. The third kappa shape index (κ3) is 7.51. The number of carbonyl (C=O) groups excluding carboxylic acids is 1. The summed E-state index contributed by atoms with van der Waals surface area (Å²) in [4.78, 5) is 33.6. The molecule has 3 aliphatic rings. The number of nitrogens with two attached hydrogens (primary N) is 1. The summed E-state index contributed by atoms with van der Waals surface area (Å²) in [6.07, 6.45) is 1.54. The first kappa shape index (κ1) is 23.6. The first-order valence-corrected chi connectivity index (χ1v) is 11.3. The molecule has 1 atom stereocenters. The summed E-state index contributed by atoms with van der Waals surface area (Å²) < 4.78 is 5.59. The highest BCUT2D eigenvalue weighted by Crippen LogP contribution is 2.15. The van der Waals surface area contributed by atoms with Crippen molar-refractivity contribution >= 4 is 18.0 Å². The lowest BCUT2D eigenvalue weighted by Crippen LogP contribution is -2.51. The van der Waals surface area contributed by atoms with Gasteiger partial charge in [-0.2, -0.15) is 0 Å². The Kier molecular flexibility index (Phi) is 8.73. The van der Waals surface area contributed by atoms with E-state index in [9.17, 15) is 9.59 Å². The van der Waals surface area contributed by atoms with Crippen LogP contribution >= 0.6 is 0 Å². The Hall–Kier alpha value is -2.11. The van der Waals surface area contributed by atoms with Crippen LogP contribution in [0, 0.1) is 5.41 Å². The zero-order chi connectivity index (χ0) is 22.2. The number of rotatable bonds is 10. The number of hydrogen-bond acceptors (Lipinski definition) is 7. The molecule has 3 rings (SSSR count). The minimum absolute atomic E-state index is 0.0785. The predicted molar refractivity (Wildman–Crippen MR) is 116 cm³/mol. The van der Waals surface area contributed by atoms with Gasteiger partial charge in [0, 0.05) is 71.9 Å². The standard InChI is InChI=1S/C20H37N7O4/c21-19(22)26-13-11-24(12-14-26)5-2-6-27-16-17(31-20(27)30)15-25-9-7-23(8-10-25)4-1-3-18(28)29/h17H,1-16H2,(H3,21,22)(H,28,29). The summed E-state index contributed by atoms with van der Waals surface area (Å²) in [5.41, 5.74) is 5.53. The minimum atomic E-state index is -0.734. The van der Waals surface area contributed by atoms with E-state index in [0.29, 0.717) is 19.5 Å². The van der Waals surface area contributed by atoms with Crippen LogP contribution in [0.25, 0.3) is 0 Å². The van der Waals surface area contributed by atoms with Crippen LogP contribution < -0.4 is 5.73 Å². The van der Waals surface area contributed by atoms with Gasteiger partial charge in [-0.25, -0.2) is 4.79 Å². The van der Waals surface area contributed by atoms with Crippen LogP contribution in [0.4, 0.5) is 4.79 Å². The van der Waals surface area contributed by atoms with E-state index in [1.54, 1.807) is 0 Å². The Morgan fingerprint density at radius 2 is 1.55 bits per heavy atom. The van der Waals surface area contributed by atoms with Crippen molar-refractivity contribution in [2.24, 2.45) is 5.73 Å². The molecule has 3 saturated heterocycles. The largest absolute Gasteiger partial charge is 0.481 e. The molecule has 0 aliphatic carbocycles. The molecule has 0 saturated carbocycles. The molecule has 0 bridgehead atoms. The number of carbonyl (C=O) groups is 2. The zero-order valence-electron chi connectivity index (χ0n) is 18.4. The van der Waals surface area contributed by atoms with E-state index in [2.05, 4.69) is 14.7 Å². The van der Waals surface area contributed by atoms with Crippen molar-refractivity contribution in [3.8, 4) is 0 Å². The summed E-state index contributed by atoms with van der Waals surface area (Å²) >= 11 is 0. The van der Waals surface area contributed by atoms with E-state index in [1.807, 2.05) is 9.80 Å². The SMILES string of the molecule is N=C(N)N1CCN(CCCN2CC(CN3CCN(CCCC(=O)O)CC3)OC2=O)CC1. The van der Waals surface area contributed by atoms with Crippen LogP contribution in [-0.2, 0) is 9.53 Å². The fraction of sp³-hybridized carbons (Fsp3) is 0.850. The van der Waals surface area contributed by atoms with Gasteiger partial charge in [0.2, 0.25) is 0 Å². The van der Waals surface area contributed by atoms with E-state index < -0.39 is 5.97 Å². The lowest BCUT2D eigenvalue weighted by molar-refractivity contribution is -0.137. The van der Waals surface area contributed by atoms with E-state index in [1.165, 1.54) is 0 Å². The first-order chi connectivity index (χ1) is 14.9. The summed E-state index contributed by atoms with van der Waals surface area (Å²) in [5.74, 6) is -0.591. The molecular weight excluding hydrogens is 402 g/mol. The van der Waals surface area contributed by atoms with E-state index in [0.717, 1.165) is 78.4 Å². The van der Waals surface area contributed by atoms with Gasteiger partial charge in [-0.1, -0.05) is 0 Å². The Morgan fingerprint density at radius 1 is 0.968 bits per heavy atom. The average Bonchev–Trinajstić information content (AvgIpc) is 3.08. The highest BCUT2D eigenvalue weighted by Gasteiger charge is 2.33. The van der Waals surface area contributed by atoms with Crippen LogP contribution in [0.2, 0.25) is 0 Å². The average molecular weight is 440 g/mol. The molecule has 11 nitrogen and oxygen atoms in total. The van der Waals surface area contributed by atoms with Crippen LogP contribution in [0.15, 0.2) is 0 Å². The molecule has 1 amide bonds. The van der Waals surface area contributed by atoms with Crippen molar-refractivity contribution in [3.63, 3.8) is 0 Å². The number of guanidine groups is 1. The van der Waals surface area contributed by atoms with Gasteiger partial charge in [0.15, 0.2) is 5.96 Å². The summed E-state index contributed by atoms with van der Waals surface area (Å²) in [7, 11) is 0. The Labute approximate surface area is 184 Å². The molecule has 1 unspecified atom stereocenters. The number of nitrogens with one attached hydrogen (secondary N) is 1. The maximum absolute atomic E-state index is 12.2. The quantitative estimate of drug-likeness (QED) is 0.296. The number of amides is 1. The molecule has 0 aromatic rings. The molecule has 176 valence electrons. The van der Waals surface area contributed by atoms with Gasteiger partial charge in [0.05, 0.1) is 6.54 Å². The maximum Gasteiger partial charge on any atom is 0.410 e. The van der Waals surface area contributed by atoms with Crippen LogP contribution in [-0.4, -0.2) is 139 Å². The number of ether oxygens (including phenoxy) is 1. The van der Waals surface area contributed by atoms with Gasteiger partial charge in [-0.3, -0.25) is 20.0 Å². The number of aliphatic carboxylic acids is 1. The smallest absolute Gasteiger partial charge is 0.410 e. The lowest BCUT2D eigenvalue weighted by atomic mass is 10.2. The number of cyclic esters (lactones) is 1. The second-order valence-corrected chi connectivity index (χ2v) is 8.66. The van der Waals surface area contributed by atoms with Crippen LogP contribution in [0.5, 0.6) is 0 Å². The first-order valence-electron chi connectivity index (χ1n) is 11.3. The monoisotopic (exact) mass is 439 g/mol. The van der Waals surface area contributed by atoms with Gasteiger partial charge < -0.3 is 30.3 Å². The van der Waals surface area contributed by atoms with E-state index >= 15 is 0 Å².